The summed E-state index contributed by atoms with van der Waals surface area (Å²) in [5, 5.41) is 0. The van der Waals surface area contributed by atoms with Crippen molar-refractivity contribution < 1.29 is 4.43 Å². The molecule has 0 fully saturated rings. The van der Waals surface area contributed by atoms with Crippen molar-refractivity contribution in [2.75, 3.05) is 0 Å². The fourth-order valence-corrected chi connectivity index (χ4v) is 3.21. The van der Waals surface area contributed by atoms with Gasteiger partial charge in [-0.25, -0.2) is 0 Å². The maximum absolute atomic E-state index is 6.18. The Morgan fingerprint density at radius 3 is 2.64 bits per heavy atom. The Morgan fingerprint density at radius 2 is 2.00 bits per heavy atom. The summed E-state index contributed by atoms with van der Waals surface area (Å²) in [6.07, 6.45) is 9.24. The van der Waals surface area contributed by atoms with Crippen LogP contribution in [0, 0.1) is 0 Å². The van der Waals surface area contributed by atoms with E-state index >= 15 is 0 Å². The van der Waals surface area contributed by atoms with E-state index in [0.717, 1.165) is 6.42 Å². The van der Waals surface area contributed by atoms with Crippen molar-refractivity contribution in [3.05, 3.63) is 11.6 Å². The van der Waals surface area contributed by atoms with Crippen LogP contribution in [0.5, 0.6) is 0 Å². The van der Waals surface area contributed by atoms with Gasteiger partial charge in [-0.05, 0) is 52.2 Å². The van der Waals surface area contributed by atoms with Gasteiger partial charge in [-0.15, -0.1) is 0 Å². The first kappa shape index (κ1) is 12.0. The average Bonchev–Trinajstić information content (AvgIpc) is 1.96. The van der Waals surface area contributed by atoms with Crippen LogP contribution in [-0.4, -0.2) is 14.4 Å². The highest BCUT2D eigenvalue weighted by Gasteiger charge is 2.21. The zero-order chi connectivity index (χ0) is 10.6. The second kappa shape index (κ2) is 5.13. The van der Waals surface area contributed by atoms with Crippen molar-refractivity contribution >= 4 is 8.32 Å². The zero-order valence-electron chi connectivity index (χ0n) is 10.1. The van der Waals surface area contributed by atoms with E-state index in [9.17, 15) is 0 Å². The molecule has 0 amide bonds. The van der Waals surface area contributed by atoms with Gasteiger partial charge in [0.2, 0.25) is 0 Å². The topological polar surface area (TPSA) is 9.23 Å². The van der Waals surface area contributed by atoms with Crippen LogP contribution >= 0.6 is 0 Å². The van der Waals surface area contributed by atoms with E-state index < -0.39 is 8.32 Å². The predicted octanol–water partition coefficient (Wildman–Crippen LogP) is 4.12. The van der Waals surface area contributed by atoms with Crippen molar-refractivity contribution in [3.8, 4) is 0 Å². The molecule has 1 aliphatic carbocycles. The lowest BCUT2D eigenvalue weighted by Gasteiger charge is -2.27. The van der Waals surface area contributed by atoms with Crippen LogP contribution in [-0.2, 0) is 4.43 Å². The van der Waals surface area contributed by atoms with Crippen LogP contribution in [0.4, 0.5) is 0 Å². The molecule has 0 saturated carbocycles. The van der Waals surface area contributed by atoms with Crippen LogP contribution in [0.15, 0.2) is 11.6 Å². The molecule has 0 saturated heterocycles. The molecule has 1 rings (SSSR count). The fraction of sp³-hybridized carbons (Fsp3) is 0.833. The molecule has 0 aromatic heterocycles. The quantitative estimate of drug-likeness (QED) is 0.494. The minimum absolute atomic E-state index is 0.498. The van der Waals surface area contributed by atoms with Crippen molar-refractivity contribution in [1.82, 2.24) is 0 Å². The van der Waals surface area contributed by atoms with Crippen molar-refractivity contribution in [1.29, 1.82) is 0 Å². The molecule has 0 aromatic carbocycles. The smallest absolute Gasteiger partial charge is 0.184 e. The van der Waals surface area contributed by atoms with Gasteiger partial charge in [-0.2, -0.15) is 0 Å². The van der Waals surface area contributed by atoms with Gasteiger partial charge in [0.05, 0.1) is 0 Å². The van der Waals surface area contributed by atoms with E-state index in [1.165, 1.54) is 31.3 Å². The predicted molar refractivity (Wildman–Crippen MR) is 65.1 cm³/mol. The number of hydrogen-bond donors (Lipinski definition) is 0. The van der Waals surface area contributed by atoms with E-state index in [0.29, 0.717) is 6.10 Å². The summed E-state index contributed by atoms with van der Waals surface area (Å²) in [7, 11) is -1.34. The van der Waals surface area contributed by atoms with E-state index in [1.54, 1.807) is 0 Å². The Labute approximate surface area is 89.7 Å². The van der Waals surface area contributed by atoms with Gasteiger partial charge in [0.1, 0.15) is 0 Å². The van der Waals surface area contributed by atoms with Crippen LogP contribution in [0.1, 0.15) is 39.0 Å². The molecule has 1 aliphatic rings. The molecule has 0 spiro atoms. The third-order valence-corrected chi connectivity index (χ3v) is 3.58. The molecule has 0 heterocycles. The number of allylic oxidation sites excluding steroid dienone is 1. The highest BCUT2D eigenvalue weighted by Crippen LogP contribution is 2.22. The van der Waals surface area contributed by atoms with Gasteiger partial charge in [-0.1, -0.05) is 18.1 Å². The van der Waals surface area contributed by atoms with Gasteiger partial charge < -0.3 is 4.43 Å². The molecule has 1 unspecified atom stereocenters. The Bertz CT molecular complexity index is 203. The minimum atomic E-state index is -1.34. The summed E-state index contributed by atoms with van der Waals surface area (Å²) >= 11 is 0. The molecular weight excluding hydrogens is 188 g/mol. The monoisotopic (exact) mass is 212 g/mol. The minimum Gasteiger partial charge on any atom is -0.414 e. The van der Waals surface area contributed by atoms with Gasteiger partial charge in [0.25, 0.3) is 0 Å². The lowest BCUT2D eigenvalue weighted by atomic mass is 9.99. The zero-order valence-corrected chi connectivity index (χ0v) is 11.1. The molecule has 2 heteroatoms. The Hall–Kier alpha value is -0.0831. The molecule has 0 aromatic rings. The Balaban J connectivity index is 2.50. The molecule has 0 radical (unpaired) electrons. The van der Waals surface area contributed by atoms with Gasteiger partial charge in [-0.3, -0.25) is 0 Å². The summed E-state index contributed by atoms with van der Waals surface area (Å²) in [6.45, 7) is 9.09. The summed E-state index contributed by atoms with van der Waals surface area (Å²) in [5.74, 6) is 0. The number of hydrogen-bond acceptors (Lipinski definition) is 1. The van der Waals surface area contributed by atoms with Crippen LogP contribution in [0.2, 0.25) is 19.6 Å². The summed E-state index contributed by atoms with van der Waals surface area (Å²) in [6, 6.07) is 0. The fourth-order valence-electron chi connectivity index (χ4n) is 2.01. The molecular formula is C12H24OSi. The SMILES string of the molecule is CC1=CCCCCC(O[Si](C)(C)C)C1. The highest BCUT2D eigenvalue weighted by atomic mass is 28.4. The van der Waals surface area contributed by atoms with Gasteiger partial charge >= 0.3 is 0 Å². The molecule has 1 nitrogen and oxygen atoms in total. The van der Waals surface area contributed by atoms with E-state index in [2.05, 4.69) is 32.6 Å². The molecule has 14 heavy (non-hydrogen) atoms. The van der Waals surface area contributed by atoms with Gasteiger partial charge in [0, 0.05) is 6.10 Å². The average molecular weight is 212 g/mol. The van der Waals surface area contributed by atoms with E-state index in [-0.39, 0.29) is 0 Å². The maximum atomic E-state index is 6.18. The Morgan fingerprint density at radius 1 is 1.29 bits per heavy atom. The molecule has 1 atom stereocenters. The molecule has 82 valence electrons. The molecule has 0 bridgehead atoms. The van der Waals surface area contributed by atoms with Crippen molar-refractivity contribution in [3.63, 3.8) is 0 Å². The summed E-state index contributed by atoms with van der Waals surface area (Å²) < 4.78 is 6.18. The highest BCUT2D eigenvalue weighted by molar-refractivity contribution is 6.69. The molecule has 0 aliphatic heterocycles. The first-order valence-electron chi connectivity index (χ1n) is 5.81. The Kier molecular flexibility index (Phi) is 4.39. The normalized spacial score (nSPS) is 25.1. The van der Waals surface area contributed by atoms with Crippen molar-refractivity contribution in [2.45, 2.75) is 64.8 Å². The maximum Gasteiger partial charge on any atom is 0.184 e. The van der Waals surface area contributed by atoms with E-state index in [4.69, 9.17) is 4.43 Å². The third-order valence-electron chi connectivity index (χ3n) is 2.54. The van der Waals surface area contributed by atoms with Crippen LogP contribution in [0.25, 0.3) is 0 Å². The summed E-state index contributed by atoms with van der Waals surface area (Å²) in [5.41, 5.74) is 1.52. The first-order chi connectivity index (χ1) is 6.47. The van der Waals surface area contributed by atoms with Gasteiger partial charge in [0.15, 0.2) is 8.32 Å². The lowest BCUT2D eigenvalue weighted by molar-refractivity contribution is 0.178. The third kappa shape index (κ3) is 4.96. The first-order valence-corrected chi connectivity index (χ1v) is 9.22. The lowest BCUT2D eigenvalue weighted by Crippen LogP contribution is -2.32. The largest absolute Gasteiger partial charge is 0.414 e. The second-order valence-corrected chi connectivity index (χ2v) is 9.85. The number of rotatable bonds is 2. The standard InChI is InChI=1S/C12H24OSi/c1-11-8-6-5-7-9-12(10-11)13-14(2,3)4/h8,12H,5-7,9-10H2,1-4H3. The molecule has 0 N–H and O–H groups in total. The van der Waals surface area contributed by atoms with E-state index in [1.807, 2.05) is 0 Å². The summed E-state index contributed by atoms with van der Waals surface area (Å²) in [4.78, 5) is 0. The second-order valence-electron chi connectivity index (χ2n) is 5.39. The van der Waals surface area contributed by atoms with Crippen LogP contribution in [0.3, 0.4) is 0 Å². The van der Waals surface area contributed by atoms with Crippen molar-refractivity contribution in [2.24, 2.45) is 0 Å². The van der Waals surface area contributed by atoms with Crippen LogP contribution < -0.4 is 0 Å².